The van der Waals surface area contributed by atoms with E-state index in [0.29, 0.717) is 12.5 Å². The summed E-state index contributed by atoms with van der Waals surface area (Å²) in [5.74, 6) is 1.03. The van der Waals surface area contributed by atoms with E-state index >= 15 is 0 Å². The van der Waals surface area contributed by atoms with Crippen molar-refractivity contribution in [2.75, 3.05) is 13.2 Å². The molecule has 164 valence electrons. The van der Waals surface area contributed by atoms with E-state index in [1.54, 1.807) is 0 Å². The second-order valence-corrected chi connectivity index (χ2v) is 7.97. The minimum atomic E-state index is -0.219. The van der Waals surface area contributed by atoms with Crippen LogP contribution in [-0.2, 0) is 22.4 Å². The fourth-order valence-electron chi connectivity index (χ4n) is 3.87. The van der Waals surface area contributed by atoms with Crippen LogP contribution in [0.15, 0.2) is 53.1 Å². The van der Waals surface area contributed by atoms with Gasteiger partial charge in [-0.15, -0.1) is 0 Å². The number of esters is 1. The Kier molecular flexibility index (Phi) is 8.01. The Morgan fingerprint density at radius 1 is 1.13 bits per heavy atom. The molecule has 0 aliphatic heterocycles. The topological polar surface area (TPSA) is 72.6 Å². The van der Waals surface area contributed by atoms with E-state index in [-0.39, 0.29) is 19.0 Å². The molecule has 0 saturated carbocycles. The van der Waals surface area contributed by atoms with Crippen molar-refractivity contribution < 1.29 is 19.2 Å². The number of hydrogen-bond donors (Lipinski definition) is 1. The van der Waals surface area contributed by atoms with Gasteiger partial charge < -0.3 is 14.4 Å². The molecule has 0 saturated heterocycles. The Bertz CT molecular complexity index is 991. The van der Waals surface area contributed by atoms with Gasteiger partial charge in [-0.2, -0.15) is 0 Å². The summed E-state index contributed by atoms with van der Waals surface area (Å²) in [5, 5.41) is 13.3. The van der Waals surface area contributed by atoms with E-state index < -0.39 is 0 Å². The van der Waals surface area contributed by atoms with Gasteiger partial charge in [0.25, 0.3) is 0 Å². The normalized spacial score (nSPS) is 12.0. The van der Waals surface area contributed by atoms with Crippen LogP contribution in [0.25, 0.3) is 22.5 Å². The van der Waals surface area contributed by atoms with Gasteiger partial charge in [-0.3, -0.25) is 4.79 Å². The zero-order chi connectivity index (χ0) is 22.2. The van der Waals surface area contributed by atoms with Crippen LogP contribution in [0.2, 0.25) is 0 Å². The standard InChI is InChI=1S/C26H31NO4/c1-4-30-25(29)17-22-9-5-6-10-23(22)20-11-13-21(14-12-20)26-24(19(3)27-31-26)16-18(2)8-7-15-28/h5-6,9-14,18,28H,4,7-8,15-17H2,1-3H3. The van der Waals surface area contributed by atoms with Gasteiger partial charge in [0.05, 0.1) is 18.7 Å². The zero-order valence-electron chi connectivity index (χ0n) is 18.6. The van der Waals surface area contributed by atoms with Crippen LogP contribution in [0, 0.1) is 12.8 Å². The Hall–Kier alpha value is -2.92. The van der Waals surface area contributed by atoms with Gasteiger partial charge in [0.15, 0.2) is 5.76 Å². The molecule has 0 amide bonds. The van der Waals surface area contributed by atoms with Gasteiger partial charge >= 0.3 is 5.97 Å². The second kappa shape index (κ2) is 10.9. The maximum Gasteiger partial charge on any atom is 0.310 e. The number of hydrogen-bond acceptors (Lipinski definition) is 5. The third-order valence-electron chi connectivity index (χ3n) is 5.51. The van der Waals surface area contributed by atoms with E-state index in [4.69, 9.17) is 14.4 Å². The highest BCUT2D eigenvalue weighted by Crippen LogP contribution is 2.32. The minimum absolute atomic E-state index is 0.219. The highest BCUT2D eigenvalue weighted by Gasteiger charge is 2.18. The molecule has 5 nitrogen and oxygen atoms in total. The van der Waals surface area contributed by atoms with Gasteiger partial charge in [0.2, 0.25) is 0 Å². The maximum absolute atomic E-state index is 12.0. The van der Waals surface area contributed by atoms with E-state index in [2.05, 4.69) is 24.2 Å². The summed E-state index contributed by atoms with van der Waals surface area (Å²) >= 11 is 0. The molecule has 1 heterocycles. The lowest BCUT2D eigenvalue weighted by atomic mass is 9.93. The molecule has 0 radical (unpaired) electrons. The first-order valence-corrected chi connectivity index (χ1v) is 10.9. The maximum atomic E-state index is 12.0. The van der Waals surface area contributed by atoms with E-state index in [1.165, 1.54) is 0 Å². The zero-order valence-corrected chi connectivity index (χ0v) is 18.6. The van der Waals surface area contributed by atoms with Crippen molar-refractivity contribution >= 4 is 5.97 Å². The molecule has 0 aliphatic carbocycles. The molecule has 0 bridgehead atoms. The number of aromatic nitrogens is 1. The van der Waals surface area contributed by atoms with Crippen LogP contribution in [0.3, 0.4) is 0 Å². The summed E-state index contributed by atoms with van der Waals surface area (Å²) < 4.78 is 10.8. The minimum Gasteiger partial charge on any atom is -0.466 e. The molecule has 31 heavy (non-hydrogen) atoms. The van der Waals surface area contributed by atoms with Crippen molar-refractivity contribution in [3.05, 3.63) is 65.4 Å². The quantitative estimate of drug-likeness (QED) is 0.445. The monoisotopic (exact) mass is 421 g/mol. The van der Waals surface area contributed by atoms with Crippen molar-refractivity contribution in [1.82, 2.24) is 5.16 Å². The highest BCUT2D eigenvalue weighted by molar-refractivity contribution is 5.78. The van der Waals surface area contributed by atoms with E-state index in [0.717, 1.165) is 58.5 Å². The lowest BCUT2D eigenvalue weighted by Gasteiger charge is -2.12. The van der Waals surface area contributed by atoms with Crippen LogP contribution in [0.5, 0.6) is 0 Å². The SMILES string of the molecule is CCOC(=O)Cc1ccccc1-c1ccc(-c2onc(C)c2CC(C)CCCO)cc1. The van der Waals surface area contributed by atoms with Gasteiger partial charge in [0.1, 0.15) is 0 Å². The average molecular weight is 422 g/mol. The van der Waals surface area contributed by atoms with Gasteiger partial charge in [-0.05, 0) is 55.7 Å². The molecule has 0 aliphatic rings. The largest absolute Gasteiger partial charge is 0.466 e. The molecule has 1 N–H and O–H groups in total. The van der Waals surface area contributed by atoms with Crippen molar-refractivity contribution in [3.63, 3.8) is 0 Å². The Morgan fingerprint density at radius 3 is 2.55 bits per heavy atom. The van der Waals surface area contributed by atoms with Crippen molar-refractivity contribution in [2.24, 2.45) is 5.92 Å². The van der Waals surface area contributed by atoms with Crippen molar-refractivity contribution in [3.8, 4) is 22.5 Å². The Labute approximate surface area is 184 Å². The molecular formula is C26H31NO4. The van der Waals surface area contributed by atoms with Crippen LogP contribution in [0.1, 0.15) is 43.5 Å². The smallest absolute Gasteiger partial charge is 0.310 e. The first kappa shape index (κ1) is 22.8. The van der Waals surface area contributed by atoms with Gasteiger partial charge in [-0.1, -0.05) is 60.6 Å². The van der Waals surface area contributed by atoms with Crippen LogP contribution in [0.4, 0.5) is 0 Å². The first-order valence-electron chi connectivity index (χ1n) is 10.9. The molecule has 5 heteroatoms. The average Bonchev–Trinajstić information content (AvgIpc) is 3.13. The molecule has 2 aromatic carbocycles. The number of aliphatic hydroxyl groups is 1. The number of rotatable bonds is 10. The molecule has 1 atom stereocenters. The second-order valence-electron chi connectivity index (χ2n) is 7.97. The molecule has 0 fully saturated rings. The number of carbonyl (C=O) groups is 1. The summed E-state index contributed by atoms with van der Waals surface area (Å²) in [5.41, 5.74) is 6.03. The molecule has 0 spiro atoms. The van der Waals surface area contributed by atoms with Gasteiger partial charge in [0, 0.05) is 17.7 Å². The molecule has 1 unspecified atom stereocenters. The summed E-state index contributed by atoms with van der Waals surface area (Å²) in [4.78, 5) is 12.0. The van der Waals surface area contributed by atoms with Gasteiger partial charge in [-0.25, -0.2) is 0 Å². The van der Waals surface area contributed by atoms with E-state index in [9.17, 15) is 4.79 Å². The lowest BCUT2D eigenvalue weighted by Crippen LogP contribution is -2.08. The third-order valence-corrected chi connectivity index (χ3v) is 5.51. The highest BCUT2D eigenvalue weighted by atomic mass is 16.5. The predicted octanol–water partition coefficient (Wildman–Crippen LogP) is 5.37. The molecule has 3 rings (SSSR count). The number of ether oxygens (including phenoxy) is 1. The van der Waals surface area contributed by atoms with Crippen LogP contribution in [-0.4, -0.2) is 29.4 Å². The summed E-state index contributed by atoms with van der Waals surface area (Å²) in [6.45, 7) is 6.58. The van der Waals surface area contributed by atoms with E-state index in [1.807, 2.05) is 50.2 Å². The van der Waals surface area contributed by atoms with Crippen molar-refractivity contribution in [2.45, 2.75) is 46.5 Å². The Morgan fingerprint density at radius 2 is 1.84 bits per heavy atom. The first-order chi connectivity index (χ1) is 15.0. The fraction of sp³-hybridized carbons (Fsp3) is 0.385. The van der Waals surface area contributed by atoms with Crippen LogP contribution < -0.4 is 0 Å². The molecular weight excluding hydrogens is 390 g/mol. The number of aliphatic hydroxyl groups excluding tert-OH is 1. The predicted molar refractivity (Wildman–Crippen MR) is 122 cm³/mol. The number of carbonyl (C=O) groups excluding carboxylic acids is 1. The number of nitrogens with zero attached hydrogens (tertiary/aromatic N) is 1. The number of aryl methyl sites for hydroxylation is 1. The molecule has 3 aromatic rings. The Balaban J connectivity index is 1.83. The van der Waals surface area contributed by atoms with Crippen LogP contribution >= 0.6 is 0 Å². The lowest BCUT2D eigenvalue weighted by molar-refractivity contribution is -0.142. The molecule has 1 aromatic heterocycles. The summed E-state index contributed by atoms with van der Waals surface area (Å²) in [6, 6.07) is 16.1. The fourth-order valence-corrected chi connectivity index (χ4v) is 3.87. The number of benzene rings is 2. The summed E-state index contributed by atoms with van der Waals surface area (Å²) in [6.07, 6.45) is 2.90. The summed E-state index contributed by atoms with van der Waals surface area (Å²) in [7, 11) is 0. The van der Waals surface area contributed by atoms with Crippen molar-refractivity contribution in [1.29, 1.82) is 0 Å². The third kappa shape index (κ3) is 5.82.